The van der Waals surface area contributed by atoms with Gasteiger partial charge in [0.2, 0.25) is 0 Å². The summed E-state index contributed by atoms with van der Waals surface area (Å²) in [6.45, 7) is 2.09. The topological polar surface area (TPSA) is 105 Å². The fourth-order valence-electron chi connectivity index (χ4n) is 3.63. The van der Waals surface area contributed by atoms with Crippen LogP contribution in [0.1, 0.15) is 28.4 Å². The molecule has 0 saturated heterocycles. The van der Waals surface area contributed by atoms with Gasteiger partial charge < -0.3 is 23.7 Å². The van der Waals surface area contributed by atoms with Crippen molar-refractivity contribution < 1.29 is 33.3 Å². The number of hydrogen-bond donors (Lipinski definition) is 1. The highest BCUT2D eigenvalue weighted by molar-refractivity contribution is 5.92. The summed E-state index contributed by atoms with van der Waals surface area (Å²) in [6.07, 6.45) is 0.699. The first kappa shape index (κ1) is 28.7. The smallest absolute Gasteiger partial charge is 0.343 e. The van der Waals surface area contributed by atoms with Crippen LogP contribution in [0.25, 0.3) is 0 Å². The summed E-state index contributed by atoms with van der Waals surface area (Å²) in [5.74, 6) is 1.57. The molecule has 1 atom stereocenters. The molecule has 0 saturated carbocycles. The van der Waals surface area contributed by atoms with E-state index in [1.807, 2.05) is 30.3 Å². The minimum absolute atomic E-state index is 0.319. The summed E-state index contributed by atoms with van der Waals surface area (Å²) in [6, 6.07) is 28.4. The van der Waals surface area contributed by atoms with E-state index in [9.17, 15) is 9.59 Å². The third kappa shape index (κ3) is 8.34. The van der Waals surface area contributed by atoms with Gasteiger partial charge in [-0.15, -0.1) is 0 Å². The quantitative estimate of drug-likeness (QED) is 0.108. The second-order valence-electron chi connectivity index (χ2n) is 8.77. The zero-order chi connectivity index (χ0) is 29.0. The first-order valence-electron chi connectivity index (χ1n) is 12.8. The van der Waals surface area contributed by atoms with Crippen LogP contribution < -0.4 is 29.1 Å². The minimum atomic E-state index is -0.776. The highest BCUT2D eigenvalue weighted by Crippen LogP contribution is 2.28. The van der Waals surface area contributed by atoms with E-state index < -0.39 is 18.0 Å². The Bertz CT molecular complexity index is 1470. The largest absolute Gasteiger partial charge is 0.493 e. The van der Waals surface area contributed by atoms with E-state index in [0.717, 1.165) is 5.56 Å². The molecule has 4 aromatic carbocycles. The van der Waals surface area contributed by atoms with E-state index in [2.05, 4.69) is 10.5 Å². The van der Waals surface area contributed by atoms with Crippen LogP contribution in [0, 0.1) is 0 Å². The Morgan fingerprint density at radius 3 is 2.15 bits per heavy atom. The Balaban J connectivity index is 1.22. The Morgan fingerprint density at radius 1 is 0.805 bits per heavy atom. The number of ether oxygens (including phenoxy) is 5. The van der Waals surface area contributed by atoms with E-state index >= 15 is 0 Å². The van der Waals surface area contributed by atoms with Crippen LogP contribution in [0.15, 0.2) is 102 Å². The Kier molecular flexibility index (Phi) is 9.92. The van der Waals surface area contributed by atoms with Crippen molar-refractivity contribution in [3.05, 3.63) is 114 Å². The molecular formula is C32H30N2O7. The molecule has 4 rings (SSSR count). The number of benzene rings is 4. The first-order valence-corrected chi connectivity index (χ1v) is 12.8. The molecule has 210 valence electrons. The van der Waals surface area contributed by atoms with Crippen LogP contribution >= 0.6 is 0 Å². The highest BCUT2D eigenvalue weighted by Gasteiger charge is 2.15. The molecule has 0 bridgehead atoms. The van der Waals surface area contributed by atoms with E-state index in [1.165, 1.54) is 20.4 Å². The molecule has 0 spiro atoms. The van der Waals surface area contributed by atoms with E-state index in [4.69, 9.17) is 23.7 Å². The van der Waals surface area contributed by atoms with Gasteiger partial charge in [-0.05, 0) is 84.8 Å². The molecule has 0 aliphatic heterocycles. The lowest BCUT2D eigenvalue weighted by Gasteiger charge is -2.13. The number of carbonyl (C=O) groups is 2. The molecule has 0 unspecified atom stereocenters. The zero-order valence-electron chi connectivity index (χ0n) is 22.9. The van der Waals surface area contributed by atoms with Crippen LogP contribution in [0.3, 0.4) is 0 Å². The van der Waals surface area contributed by atoms with Gasteiger partial charge in [0.15, 0.2) is 17.6 Å². The number of carbonyl (C=O) groups excluding carboxylic acids is 2. The summed E-state index contributed by atoms with van der Waals surface area (Å²) < 4.78 is 27.3. The average molecular weight is 555 g/mol. The Labute approximate surface area is 238 Å². The molecule has 0 fully saturated rings. The summed E-state index contributed by atoms with van der Waals surface area (Å²) in [5, 5.41) is 3.99. The number of hydrogen-bond acceptors (Lipinski definition) is 8. The van der Waals surface area contributed by atoms with Gasteiger partial charge in [-0.1, -0.05) is 30.3 Å². The highest BCUT2D eigenvalue weighted by atomic mass is 16.5. The summed E-state index contributed by atoms with van der Waals surface area (Å²) in [4.78, 5) is 24.9. The van der Waals surface area contributed by atoms with Gasteiger partial charge in [-0.3, -0.25) is 4.79 Å². The second kappa shape index (κ2) is 14.2. The summed E-state index contributed by atoms with van der Waals surface area (Å²) in [5.41, 5.74) is 4.55. The van der Waals surface area contributed by atoms with Crippen LogP contribution in [-0.4, -0.2) is 38.4 Å². The SMILES string of the molecule is COc1ccc(C(=O)Oc2ccc(/C=N\NC(=O)[C@H](C)Oc3ccc(OCc4ccccc4)cc3)cc2)cc1OC. The van der Waals surface area contributed by atoms with Crippen molar-refractivity contribution in [2.45, 2.75) is 19.6 Å². The van der Waals surface area contributed by atoms with Crippen molar-refractivity contribution in [3.63, 3.8) is 0 Å². The lowest BCUT2D eigenvalue weighted by atomic mass is 10.2. The number of rotatable bonds is 12. The van der Waals surface area contributed by atoms with Crippen molar-refractivity contribution in [2.75, 3.05) is 14.2 Å². The van der Waals surface area contributed by atoms with Gasteiger partial charge in [0.1, 0.15) is 23.9 Å². The number of amides is 1. The normalized spacial score (nSPS) is 11.4. The molecule has 1 N–H and O–H groups in total. The van der Waals surface area contributed by atoms with Crippen molar-refractivity contribution in [1.29, 1.82) is 0 Å². The molecule has 0 radical (unpaired) electrons. The van der Waals surface area contributed by atoms with Gasteiger partial charge >= 0.3 is 5.97 Å². The molecule has 41 heavy (non-hydrogen) atoms. The third-order valence-corrected chi connectivity index (χ3v) is 5.85. The molecule has 9 heteroatoms. The fraction of sp³-hybridized carbons (Fsp3) is 0.156. The maximum Gasteiger partial charge on any atom is 0.343 e. The molecule has 0 aliphatic carbocycles. The standard InChI is InChI=1S/C32H30N2O7/c1-22(40-27-16-14-26(15-17-27)39-21-24-7-5-4-6-8-24)31(35)34-33-20-23-9-12-28(13-10-23)41-32(36)25-11-18-29(37-2)30(19-25)38-3/h4-20,22H,21H2,1-3H3,(H,34,35)/b33-20-/t22-/m0/s1. The van der Waals surface area contributed by atoms with Gasteiger partial charge in [-0.2, -0.15) is 5.10 Å². The summed E-state index contributed by atoms with van der Waals surface area (Å²) >= 11 is 0. The fourth-order valence-corrected chi connectivity index (χ4v) is 3.63. The molecular weight excluding hydrogens is 524 g/mol. The Morgan fingerprint density at radius 2 is 1.46 bits per heavy atom. The van der Waals surface area contributed by atoms with Crippen LogP contribution in [0.5, 0.6) is 28.7 Å². The van der Waals surface area contributed by atoms with E-state index in [1.54, 1.807) is 73.7 Å². The maximum atomic E-state index is 12.5. The number of hydrazone groups is 1. The van der Waals surface area contributed by atoms with Crippen LogP contribution in [0.2, 0.25) is 0 Å². The third-order valence-electron chi connectivity index (χ3n) is 5.85. The predicted octanol–water partition coefficient (Wildman–Crippen LogP) is 5.42. The van der Waals surface area contributed by atoms with Gasteiger partial charge in [0, 0.05) is 0 Å². The Hall–Kier alpha value is -5.31. The molecule has 0 aromatic heterocycles. The number of methoxy groups -OCH3 is 2. The first-order chi connectivity index (χ1) is 19.9. The monoisotopic (exact) mass is 554 g/mol. The van der Waals surface area contributed by atoms with E-state index in [0.29, 0.717) is 46.5 Å². The molecule has 9 nitrogen and oxygen atoms in total. The second-order valence-corrected chi connectivity index (χ2v) is 8.77. The molecule has 0 heterocycles. The van der Waals surface area contributed by atoms with Crippen molar-refractivity contribution in [1.82, 2.24) is 5.43 Å². The zero-order valence-corrected chi connectivity index (χ0v) is 22.9. The minimum Gasteiger partial charge on any atom is -0.493 e. The van der Waals surface area contributed by atoms with Gasteiger partial charge in [0.25, 0.3) is 5.91 Å². The van der Waals surface area contributed by atoms with Crippen molar-refractivity contribution in [3.8, 4) is 28.7 Å². The van der Waals surface area contributed by atoms with Gasteiger partial charge in [-0.25, -0.2) is 10.2 Å². The number of nitrogens with zero attached hydrogens (tertiary/aromatic N) is 1. The predicted molar refractivity (Wildman–Crippen MR) is 154 cm³/mol. The van der Waals surface area contributed by atoms with Crippen molar-refractivity contribution >= 4 is 18.1 Å². The van der Waals surface area contributed by atoms with E-state index in [-0.39, 0.29) is 0 Å². The molecule has 0 aliphatic rings. The van der Waals surface area contributed by atoms with Gasteiger partial charge in [0.05, 0.1) is 26.0 Å². The lowest BCUT2D eigenvalue weighted by molar-refractivity contribution is -0.127. The number of nitrogens with one attached hydrogen (secondary N) is 1. The lowest BCUT2D eigenvalue weighted by Crippen LogP contribution is -2.33. The average Bonchev–Trinajstić information content (AvgIpc) is 3.01. The number of esters is 1. The van der Waals surface area contributed by atoms with Crippen LogP contribution in [0.4, 0.5) is 0 Å². The van der Waals surface area contributed by atoms with Crippen molar-refractivity contribution in [2.24, 2.45) is 5.10 Å². The summed E-state index contributed by atoms with van der Waals surface area (Å²) in [7, 11) is 3.01. The maximum absolute atomic E-state index is 12.5. The van der Waals surface area contributed by atoms with Crippen LogP contribution in [-0.2, 0) is 11.4 Å². The molecule has 4 aromatic rings. The molecule has 1 amide bonds.